The number of aliphatic hydroxyl groups excluding tert-OH is 3. The van der Waals surface area contributed by atoms with E-state index in [4.69, 9.17) is 25.5 Å². The van der Waals surface area contributed by atoms with Gasteiger partial charge in [0.1, 0.15) is 0 Å². The van der Waals surface area contributed by atoms with Crippen molar-refractivity contribution in [3.05, 3.63) is 0 Å². The first-order valence-electron chi connectivity index (χ1n) is 2.90. The van der Waals surface area contributed by atoms with Crippen LogP contribution in [0.1, 0.15) is 6.42 Å². The van der Waals surface area contributed by atoms with Crippen LogP contribution in [0.3, 0.4) is 0 Å². The number of hydrogen-bond acceptors (Lipinski definition) is 5. The number of aliphatic hydroxyl groups is 4. The van der Waals surface area contributed by atoms with Crippen molar-refractivity contribution in [2.75, 3.05) is 0 Å². The highest BCUT2D eigenvalue weighted by molar-refractivity contribution is 5.72. The summed E-state index contributed by atoms with van der Waals surface area (Å²) in [4.78, 5) is 9.95. The Morgan fingerprint density at radius 1 is 1.18 bits per heavy atom. The molecule has 0 rings (SSSR count). The van der Waals surface area contributed by atoms with E-state index in [1.165, 1.54) is 0 Å². The SMILES string of the molecule is O=C(O)C(O)C(O)CC(O)O. The summed E-state index contributed by atoms with van der Waals surface area (Å²) in [6, 6.07) is 0. The van der Waals surface area contributed by atoms with Gasteiger partial charge in [-0.25, -0.2) is 4.79 Å². The summed E-state index contributed by atoms with van der Waals surface area (Å²) < 4.78 is 0. The minimum absolute atomic E-state index is 0.590. The predicted octanol–water partition coefficient (Wildman–Crippen LogP) is -2.51. The summed E-state index contributed by atoms with van der Waals surface area (Å²) >= 11 is 0. The van der Waals surface area contributed by atoms with Crippen LogP contribution in [0.4, 0.5) is 0 Å². The van der Waals surface area contributed by atoms with Gasteiger partial charge in [0, 0.05) is 6.42 Å². The molecule has 5 N–H and O–H groups in total. The summed E-state index contributed by atoms with van der Waals surface area (Å²) in [7, 11) is 0. The first-order valence-corrected chi connectivity index (χ1v) is 2.90. The smallest absolute Gasteiger partial charge is 0.335 e. The lowest BCUT2D eigenvalue weighted by Crippen LogP contribution is -2.36. The fourth-order valence-corrected chi connectivity index (χ4v) is 0.509. The van der Waals surface area contributed by atoms with Crippen molar-refractivity contribution in [1.29, 1.82) is 0 Å². The second-order valence-corrected chi connectivity index (χ2v) is 2.07. The molecule has 0 amide bonds. The molecule has 0 fully saturated rings. The van der Waals surface area contributed by atoms with Crippen LogP contribution >= 0.6 is 0 Å². The molecular formula is C5H10O6. The molecule has 11 heavy (non-hydrogen) atoms. The Hall–Kier alpha value is -0.690. The normalized spacial score (nSPS) is 16.5. The van der Waals surface area contributed by atoms with Gasteiger partial charge in [-0.05, 0) is 0 Å². The van der Waals surface area contributed by atoms with Crippen molar-refractivity contribution in [3.8, 4) is 0 Å². The van der Waals surface area contributed by atoms with E-state index in [0.717, 1.165) is 0 Å². The van der Waals surface area contributed by atoms with Gasteiger partial charge in [0.2, 0.25) is 0 Å². The third-order valence-electron chi connectivity index (χ3n) is 1.07. The maximum atomic E-state index is 9.95. The van der Waals surface area contributed by atoms with Crippen molar-refractivity contribution in [1.82, 2.24) is 0 Å². The quantitative estimate of drug-likeness (QED) is 0.294. The van der Waals surface area contributed by atoms with Crippen molar-refractivity contribution in [2.24, 2.45) is 0 Å². The van der Waals surface area contributed by atoms with Gasteiger partial charge < -0.3 is 25.5 Å². The molecule has 0 aliphatic heterocycles. The lowest BCUT2D eigenvalue weighted by atomic mass is 10.1. The molecule has 0 aromatic heterocycles. The van der Waals surface area contributed by atoms with Crippen molar-refractivity contribution in [2.45, 2.75) is 24.9 Å². The minimum atomic E-state index is -1.98. The zero-order valence-corrected chi connectivity index (χ0v) is 5.58. The molecule has 0 aliphatic carbocycles. The molecule has 0 saturated heterocycles. The van der Waals surface area contributed by atoms with Crippen LogP contribution in [0, 0.1) is 0 Å². The summed E-state index contributed by atoms with van der Waals surface area (Å²) in [5, 5.41) is 41.9. The fourth-order valence-electron chi connectivity index (χ4n) is 0.509. The van der Waals surface area contributed by atoms with Gasteiger partial charge in [-0.2, -0.15) is 0 Å². The number of carbonyl (C=O) groups is 1. The van der Waals surface area contributed by atoms with E-state index in [9.17, 15) is 4.79 Å². The zero-order valence-electron chi connectivity index (χ0n) is 5.58. The highest BCUT2D eigenvalue weighted by atomic mass is 16.5. The Balaban J connectivity index is 3.82. The molecule has 0 saturated carbocycles. The molecule has 0 spiro atoms. The molecular weight excluding hydrogens is 156 g/mol. The van der Waals surface area contributed by atoms with E-state index in [1.807, 2.05) is 0 Å². The van der Waals surface area contributed by atoms with E-state index < -0.39 is 30.9 Å². The van der Waals surface area contributed by atoms with Crippen LogP contribution in [0.2, 0.25) is 0 Å². The number of aliphatic carboxylic acids is 1. The average molecular weight is 166 g/mol. The standard InChI is InChI=1S/C5H10O6/c6-2(1-3(7)8)4(9)5(10)11/h2-4,6-9H,1H2,(H,10,11). The van der Waals surface area contributed by atoms with Crippen molar-refractivity contribution >= 4 is 5.97 Å². The number of hydrogen-bond donors (Lipinski definition) is 5. The van der Waals surface area contributed by atoms with Gasteiger partial charge in [0.05, 0.1) is 6.10 Å². The number of carboxylic acids is 1. The van der Waals surface area contributed by atoms with Gasteiger partial charge >= 0.3 is 5.97 Å². The van der Waals surface area contributed by atoms with Gasteiger partial charge in [-0.3, -0.25) is 0 Å². The summed E-state index contributed by atoms with van der Waals surface area (Å²) in [5.41, 5.74) is 0. The van der Waals surface area contributed by atoms with Crippen LogP contribution in [-0.4, -0.2) is 50.0 Å². The third kappa shape index (κ3) is 3.89. The average Bonchev–Trinajstić information content (AvgIpc) is 1.84. The van der Waals surface area contributed by atoms with Gasteiger partial charge in [0.15, 0.2) is 12.4 Å². The lowest BCUT2D eigenvalue weighted by molar-refractivity contribution is -0.156. The third-order valence-corrected chi connectivity index (χ3v) is 1.07. The second-order valence-electron chi connectivity index (χ2n) is 2.07. The van der Waals surface area contributed by atoms with E-state index in [0.29, 0.717) is 0 Å². The van der Waals surface area contributed by atoms with Gasteiger partial charge in [-0.1, -0.05) is 0 Å². The van der Waals surface area contributed by atoms with Crippen LogP contribution in [0.5, 0.6) is 0 Å². The van der Waals surface area contributed by atoms with Crippen LogP contribution in [0.25, 0.3) is 0 Å². The van der Waals surface area contributed by atoms with Crippen molar-refractivity contribution < 1.29 is 30.3 Å². The lowest BCUT2D eigenvalue weighted by Gasteiger charge is -2.14. The molecule has 0 aromatic carbocycles. The highest BCUT2D eigenvalue weighted by Gasteiger charge is 2.24. The Kier molecular flexibility index (Phi) is 3.98. The number of rotatable bonds is 4. The Morgan fingerprint density at radius 2 is 1.64 bits per heavy atom. The fraction of sp³-hybridized carbons (Fsp3) is 0.800. The van der Waals surface area contributed by atoms with Crippen LogP contribution in [0.15, 0.2) is 0 Å². The minimum Gasteiger partial charge on any atom is -0.479 e. The second kappa shape index (κ2) is 4.24. The van der Waals surface area contributed by atoms with E-state index in [-0.39, 0.29) is 0 Å². The molecule has 0 aromatic rings. The topological polar surface area (TPSA) is 118 Å². The molecule has 0 heterocycles. The largest absolute Gasteiger partial charge is 0.479 e. The monoisotopic (exact) mass is 166 g/mol. The first-order chi connectivity index (χ1) is 4.95. The number of carboxylic acid groups (broad SMARTS) is 1. The zero-order chi connectivity index (χ0) is 9.02. The molecule has 0 radical (unpaired) electrons. The molecule has 0 bridgehead atoms. The summed E-state index contributed by atoms with van der Waals surface area (Å²) in [5.74, 6) is -1.60. The Morgan fingerprint density at radius 3 is 1.91 bits per heavy atom. The summed E-state index contributed by atoms with van der Waals surface area (Å²) in [6.07, 6.45) is -6.05. The molecule has 6 heteroatoms. The van der Waals surface area contributed by atoms with Crippen LogP contribution in [-0.2, 0) is 4.79 Å². The molecule has 6 nitrogen and oxygen atoms in total. The molecule has 66 valence electrons. The highest BCUT2D eigenvalue weighted by Crippen LogP contribution is 2.01. The van der Waals surface area contributed by atoms with E-state index in [1.54, 1.807) is 0 Å². The summed E-state index contributed by atoms with van der Waals surface area (Å²) in [6.45, 7) is 0. The Bertz CT molecular complexity index is 133. The Labute approximate surface area is 62.3 Å². The molecule has 2 atom stereocenters. The van der Waals surface area contributed by atoms with E-state index >= 15 is 0 Å². The molecule has 0 aliphatic rings. The van der Waals surface area contributed by atoms with Gasteiger partial charge in [0.25, 0.3) is 0 Å². The van der Waals surface area contributed by atoms with E-state index in [2.05, 4.69) is 0 Å². The maximum Gasteiger partial charge on any atom is 0.335 e. The molecule has 2 unspecified atom stereocenters. The van der Waals surface area contributed by atoms with Gasteiger partial charge in [-0.15, -0.1) is 0 Å². The first kappa shape index (κ1) is 10.3. The predicted molar refractivity (Wildman–Crippen MR) is 32.5 cm³/mol. The maximum absolute atomic E-state index is 9.95. The van der Waals surface area contributed by atoms with Crippen molar-refractivity contribution in [3.63, 3.8) is 0 Å². The van der Waals surface area contributed by atoms with Crippen LogP contribution < -0.4 is 0 Å².